The first-order chi connectivity index (χ1) is 16.7. The van der Waals surface area contributed by atoms with Crippen LogP contribution < -0.4 is 0 Å². The molecule has 2 heterocycles. The van der Waals surface area contributed by atoms with Gasteiger partial charge in [-0.05, 0) is 39.5 Å². The Labute approximate surface area is 204 Å². The lowest BCUT2D eigenvalue weighted by atomic mass is 10.0. The van der Waals surface area contributed by atoms with Gasteiger partial charge in [0, 0.05) is 13.2 Å². The smallest absolute Gasteiger partial charge is 0.103 e. The molecule has 0 spiro atoms. The largest absolute Gasteiger partial charge is 0.388 e. The van der Waals surface area contributed by atoms with Crippen LogP contribution in [0.2, 0.25) is 0 Å². The number of hydrogen-bond acceptors (Lipinski definition) is 10. The highest BCUT2D eigenvalue weighted by Gasteiger charge is 2.41. The normalized spacial score (nSPS) is 26.8. The molecule has 6 atom stereocenters. The fourth-order valence-corrected chi connectivity index (χ4v) is 4.08. The molecule has 0 aromatic carbocycles. The Balaban J connectivity index is 1.51. The van der Waals surface area contributed by atoms with Crippen LogP contribution in [0.3, 0.4) is 0 Å². The van der Waals surface area contributed by atoms with Crippen LogP contribution in [0, 0.1) is 0 Å². The lowest BCUT2D eigenvalue weighted by molar-refractivity contribution is -0.126. The molecule has 0 radical (unpaired) electrons. The number of ether oxygens (including phenoxy) is 8. The van der Waals surface area contributed by atoms with E-state index in [4.69, 9.17) is 37.9 Å². The third-order valence-electron chi connectivity index (χ3n) is 5.92. The van der Waals surface area contributed by atoms with E-state index in [9.17, 15) is 10.2 Å². The van der Waals surface area contributed by atoms with Crippen molar-refractivity contribution in [3.8, 4) is 0 Å². The van der Waals surface area contributed by atoms with Crippen molar-refractivity contribution in [1.82, 2.24) is 0 Å². The summed E-state index contributed by atoms with van der Waals surface area (Å²) in [4.78, 5) is 0. The lowest BCUT2D eigenvalue weighted by Gasteiger charge is -2.24. The van der Waals surface area contributed by atoms with E-state index >= 15 is 0 Å². The molecule has 10 heteroatoms. The minimum absolute atomic E-state index is 0.0709. The third kappa shape index (κ3) is 12.0. The van der Waals surface area contributed by atoms with Crippen LogP contribution in [0.1, 0.15) is 39.5 Å². The summed E-state index contributed by atoms with van der Waals surface area (Å²) in [7, 11) is 0. The highest BCUT2D eigenvalue weighted by Crippen LogP contribution is 2.33. The van der Waals surface area contributed by atoms with Gasteiger partial charge in [0.25, 0.3) is 0 Å². The van der Waals surface area contributed by atoms with Crippen molar-refractivity contribution < 1.29 is 48.1 Å². The first-order valence-corrected chi connectivity index (χ1v) is 12.8. The Kier molecular flexibility index (Phi) is 16.5. The fraction of sp³-hybridized carbons (Fsp3) is 1.00. The van der Waals surface area contributed by atoms with Gasteiger partial charge in [0.1, 0.15) is 12.2 Å². The van der Waals surface area contributed by atoms with Gasteiger partial charge in [-0.1, -0.05) is 0 Å². The summed E-state index contributed by atoms with van der Waals surface area (Å²) in [5, 5.41) is 20.8. The molecule has 0 bridgehead atoms. The molecule has 202 valence electrons. The van der Waals surface area contributed by atoms with Crippen LogP contribution in [0.4, 0.5) is 0 Å². The molecule has 2 fully saturated rings. The molecular weight excluding hydrogens is 448 g/mol. The molecule has 0 unspecified atom stereocenters. The standard InChI is InChI=1S/C24H46O10/c1-3-27-9-11-29-13-15-31-17-19(25)21-5-7-23(33-21)24-8-6-22(34-24)20(26)18-32-16-14-30-12-10-28-4-2/h19-26H,3-18H2,1-2H3/t19-,20+,21-,22-,23-,24-/m1/s1. The molecule has 2 N–H and O–H groups in total. The zero-order valence-corrected chi connectivity index (χ0v) is 20.9. The fourth-order valence-electron chi connectivity index (χ4n) is 4.08. The van der Waals surface area contributed by atoms with E-state index in [0.717, 1.165) is 25.7 Å². The Morgan fingerprint density at radius 3 is 1.29 bits per heavy atom. The van der Waals surface area contributed by atoms with Gasteiger partial charge in [-0.15, -0.1) is 0 Å². The van der Waals surface area contributed by atoms with Gasteiger partial charge in [0.15, 0.2) is 0 Å². The number of aliphatic hydroxyl groups excluding tert-OH is 2. The molecule has 2 aliphatic rings. The van der Waals surface area contributed by atoms with Crippen molar-refractivity contribution in [3.63, 3.8) is 0 Å². The summed E-state index contributed by atoms with van der Waals surface area (Å²) in [6.45, 7) is 9.71. The van der Waals surface area contributed by atoms with E-state index in [-0.39, 0.29) is 37.6 Å². The highest BCUT2D eigenvalue weighted by molar-refractivity contribution is 4.89. The summed E-state index contributed by atoms with van der Waals surface area (Å²) in [5.74, 6) is 0. The second-order valence-electron chi connectivity index (χ2n) is 8.48. The summed E-state index contributed by atoms with van der Waals surface area (Å²) >= 11 is 0. The lowest BCUT2D eigenvalue weighted by Crippen LogP contribution is -2.36. The third-order valence-corrected chi connectivity index (χ3v) is 5.92. The Bertz CT molecular complexity index is 441. The van der Waals surface area contributed by atoms with Gasteiger partial charge < -0.3 is 48.1 Å². The van der Waals surface area contributed by atoms with Crippen LogP contribution >= 0.6 is 0 Å². The van der Waals surface area contributed by atoms with Gasteiger partial charge >= 0.3 is 0 Å². The van der Waals surface area contributed by atoms with Gasteiger partial charge in [0.05, 0.1) is 90.5 Å². The van der Waals surface area contributed by atoms with Gasteiger partial charge in [0.2, 0.25) is 0 Å². The van der Waals surface area contributed by atoms with Crippen LogP contribution in [0.15, 0.2) is 0 Å². The quantitative estimate of drug-likeness (QED) is 0.224. The maximum absolute atomic E-state index is 10.4. The molecule has 2 rings (SSSR count). The van der Waals surface area contributed by atoms with E-state index in [1.165, 1.54) is 0 Å². The Morgan fingerprint density at radius 2 is 0.912 bits per heavy atom. The molecule has 0 amide bonds. The Hall–Kier alpha value is -0.400. The highest BCUT2D eigenvalue weighted by atomic mass is 16.6. The summed E-state index contributed by atoms with van der Waals surface area (Å²) < 4.78 is 44.3. The topological polar surface area (TPSA) is 114 Å². The van der Waals surface area contributed by atoms with E-state index in [0.29, 0.717) is 66.1 Å². The first kappa shape index (κ1) is 29.8. The SMILES string of the molecule is CCOCCOCCOC[C@@H](O)[C@H]1CC[C@H]([C@H]2CC[C@H]([C@@H](O)COCCOCCOCC)O2)O1. The van der Waals surface area contributed by atoms with Gasteiger partial charge in [-0.25, -0.2) is 0 Å². The minimum atomic E-state index is -0.680. The van der Waals surface area contributed by atoms with Crippen LogP contribution in [0.25, 0.3) is 0 Å². The molecule has 0 aromatic rings. The zero-order chi connectivity index (χ0) is 24.4. The van der Waals surface area contributed by atoms with Crippen LogP contribution in [0.5, 0.6) is 0 Å². The van der Waals surface area contributed by atoms with Crippen molar-refractivity contribution in [1.29, 1.82) is 0 Å². The maximum Gasteiger partial charge on any atom is 0.103 e. The summed E-state index contributed by atoms with van der Waals surface area (Å²) in [5.41, 5.74) is 0. The second-order valence-corrected chi connectivity index (χ2v) is 8.48. The minimum Gasteiger partial charge on any atom is -0.388 e. The predicted octanol–water partition coefficient (Wildman–Crippen LogP) is 0.943. The van der Waals surface area contributed by atoms with E-state index in [2.05, 4.69) is 0 Å². The van der Waals surface area contributed by atoms with E-state index in [1.807, 2.05) is 13.8 Å². The van der Waals surface area contributed by atoms with E-state index in [1.54, 1.807) is 0 Å². The molecule has 2 aliphatic heterocycles. The second kappa shape index (κ2) is 18.8. The number of aliphatic hydroxyl groups is 2. The maximum atomic E-state index is 10.4. The monoisotopic (exact) mass is 494 g/mol. The molecule has 10 nitrogen and oxygen atoms in total. The van der Waals surface area contributed by atoms with E-state index < -0.39 is 12.2 Å². The molecule has 34 heavy (non-hydrogen) atoms. The average Bonchev–Trinajstić information content (AvgIpc) is 3.52. The van der Waals surface area contributed by atoms with Crippen molar-refractivity contribution in [2.75, 3.05) is 79.3 Å². The summed E-state index contributed by atoms with van der Waals surface area (Å²) in [6.07, 6.45) is 1.15. The van der Waals surface area contributed by atoms with Crippen LogP contribution in [-0.2, 0) is 37.9 Å². The van der Waals surface area contributed by atoms with Crippen LogP contribution in [-0.4, -0.2) is 126 Å². The van der Waals surface area contributed by atoms with Crippen molar-refractivity contribution in [2.24, 2.45) is 0 Å². The Morgan fingerprint density at radius 1 is 0.559 bits per heavy atom. The van der Waals surface area contributed by atoms with Crippen molar-refractivity contribution in [2.45, 2.75) is 76.2 Å². The molecule has 0 saturated carbocycles. The molecule has 0 aromatic heterocycles. The van der Waals surface area contributed by atoms with Gasteiger partial charge in [-0.2, -0.15) is 0 Å². The van der Waals surface area contributed by atoms with Gasteiger partial charge in [-0.3, -0.25) is 0 Å². The molecule has 0 aliphatic carbocycles. The predicted molar refractivity (Wildman–Crippen MR) is 124 cm³/mol. The first-order valence-electron chi connectivity index (χ1n) is 12.8. The molecule has 2 saturated heterocycles. The number of rotatable bonds is 21. The molecular formula is C24H46O10. The number of hydrogen-bond donors (Lipinski definition) is 2. The summed E-state index contributed by atoms with van der Waals surface area (Å²) in [6, 6.07) is 0. The van der Waals surface area contributed by atoms with Crippen molar-refractivity contribution >= 4 is 0 Å². The van der Waals surface area contributed by atoms with Crippen molar-refractivity contribution in [3.05, 3.63) is 0 Å². The zero-order valence-electron chi connectivity index (χ0n) is 20.9. The average molecular weight is 495 g/mol.